The van der Waals surface area contributed by atoms with Crippen molar-refractivity contribution >= 4 is 28.7 Å². The van der Waals surface area contributed by atoms with E-state index in [-0.39, 0.29) is 11.3 Å². The molecule has 1 aromatic carbocycles. The summed E-state index contributed by atoms with van der Waals surface area (Å²) in [5.74, 6) is 0.366. The van der Waals surface area contributed by atoms with Gasteiger partial charge in [0.25, 0.3) is 0 Å². The highest BCUT2D eigenvalue weighted by atomic mass is 16.2. The lowest BCUT2D eigenvalue weighted by atomic mass is 9.85. The van der Waals surface area contributed by atoms with Crippen LogP contribution in [0.3, 0.4) is 0 Å². The van der Waals surface area contributed by atoms with Crippen molar-refractivity contribution in [2.24, 2.45) is 7.05 Å². The molecule has 1 fully saturated rings. The number of carbonyl (C=O) groups excluding carboxylic acids is 2. The van der Waals surface area contributed by atoms with Gasteiger partial charge in [-0.25, -0.2) is 4.79 Å². The summed E-state index contributed by atoms with van der Waals surface area (Å²) in [6, 6.07) is 5.64. The molecule has 22 heavy (non-hydrogen) atoms. The molecular weight excluding hydrogens is 280 g/mol. The van der Waals surface area contributed by atoms with Crippen LogP contribution in [0.15, 0.2) is 18.2 Å². The maximum Gasteiger partial charge on any atom is 0.329 e. The van der Waals surface area contributed by atoms with Gasteiger partial charge in [0, 0.05) is 25.4 Å². The number of rotatable bonds is 1. The van der Waals surface area contributed by atoms with E-state index >= 15 is 0 Å². The first-order valence-electron chi connectivity index (χ1n) is 7.36. The lowest BCUT2D eigenvalue weighted by Crippen LogP contribution is -2.49. The molecule has 116 valence electrons. The Bertz CT molecular complexity index is 770. The lowest BCUT2D eigenvalue weighted by molar-refractivity contribution is -0.120. The Morgan fingerprint density at radius 3 is 2.59 bits per heavy atom. The number of aromatic nitrogens is 2. The average Bonchev–Trinajstić information content (AvgIpc) is 2.75. The number of carbonyl (C=O) groups is 2. The molecule has 0 atom stereocenters. The predicted octanol–water partition coefficient (Wildman–Crippen LogP) is 2.32. The van der Waals surface area contributed by atoms with E-state index in [2.05, 4.69) is 37.3 Å². The molecule has 1 aliphatic heterocycles. The largest absolute Gasteiger partial charge is 0.329 e. The Balaban J connectivity index is 2.17. The van der Waals surface area contributed by atoms with Gasteiger partial charge in [-0.3, -0.25) is 19.7 Å². The van der Waals surface area contributed by atoms with E-state index < -0.39 is 6.03 Å². The first kappa shape index (κ1) is 14.6. The standard InChI is InChI=1S/C16H20N4O2/c1-16(2,3)11-7-5-6-10-13(11)19(4)18-14(10)20-9-8-12(21)17-15(20)22/h5-7H,8-9H2,1-4H3,(H,17,21,22). The summed E-state index contributed by atoms with van der Waals surface area (Å²) >= 11 is 0. The SMILES string of the molecule is Cn1nc(N2CCC(=O)NC2=O)c2cccc(C(C)(C)C)c21. The molecule has 0 saturated carbocycles. The highest BCUT2D eigenvalue weighted by Crippen LogP contribution is 2.34. The van der Waals surface area contributed by atoms with Crippen LogP contribution in [0.2, 0.25) is 0 Å². The van der Waals surface area contributed by atoms with Gasteiger partial charge in [-0.05, 0) is 17.0 Å². The first-order chi connectivity index (χ1) is 10.3. The molecule has 1 aromatic heterocycles. The van der Waals surface area contributed by atoms with Crippen molar-refractivity contribution in [2.45, 2.75) is 32.6 Å². The number of hydrogen-bond acceptors (Lipinski definition) is 3. The Hall–Kier alpha value is -2.37. The van der Waals surface area contributed by atoms with Crippen molar-refractivity contribution in [3.8, 4) is 0 Å². The Labute approximate surface area is 129 Å². The molecule has 6 nitrogen and oxygen atoms in total. The topological polar surface area (TPSA) is 67.2 Å². The minimum atomic E-state index is -0.405. The van der Waals surface area contributed by atoms with Crippen molar-refractivity contribution in [1.29, 1.82) is 0 Å². The van der Waals surface area contributed by atoms with E-state index in [4.69, 9.17) is 0 Å². The number of urea groups is 1. The molecule has 3 rings (SSSR count). The Morgan fingerprint density at radius 1 is 1.23 bits per heavy atom. The second kappa shape index (κ2) is 4.83. The van der Waals surface area contributed by atoms with Crippen LogP contribution in [-0.4, -0.2) is 28.3 Å². The molecule has 0 bridgehead atoms. The zero-order chi connectivity index (χ0) is 16.1. The van der Waals surface area contributed by atoms with Crippen LogP contribution in [0.4, 0.5) is 10.6 Å². The van der Waals surface area contributed by atoms with Gasteiger partial charge >= 0.3 is 6.03 Å². The van der Waals surface area contributed by atoms with Gasteiger partial charge in [0.1, 0.15) is 0 Å². The van der Waals surface area contributed by atoms with Crippen LogP contribution >= 0.6 is 0 Å². The molecule has 0 radical (unpaired) electrons. The first-order valence-corrected chi connectivity index (χ1v) is 7.36. The Morgan fingerprint density at radius 2 is 1.95 bits per heavy atom. The van der Waals surface area contributed by atoms with Crippen molar-refractivity contribution in [2.75, 3.05) is 11.4 Å². The van der Waals surface area contributed by atoms with Gasteiger partial charge in [-0.1, -0.05) is 32.9 Å². The molecule has 3 amide bonds. The fourth-order valence-corrected chi connectivity index (χ4v) is 2.89. The van der Waals surface area contributed by atoms with Crippen LogP contribution < -0.4 is 10.2 Å². The summed E-state index contributed by atoms with van der Waals surface area (Å²) in [7, 11) is 1.88. The van der Waals surface area contributed by atoms with Crippen LogP contribution in [0, 0.1) is 0 Å². The fraction of sp³-hybridized carbons (Fsp3) is 0.438. The van der Waals surface area contributed by atoms with E-state index in [1.165, 1.54) is 10.5 Å². The van der Waals surface area contributed by atoms with Crippen LogP contribution in [0.5, 0.6) is 0 Å². The van der Waals surface area contributed by atoms with Crippen molar-refractivity contribution in [3.63, 3.8) is 0 Å². The third-order valence-corrected chi connectivity index (χ3v) is 3.96. The minimum absolute atomic E-state index is 0.0231. The van der Waals surface area contributed by atoms with Gasteiger partial charge in [0.05, 0.1) is 5.52 Å². The molecule has 6 heteroatoms. The molecule has 1 aliphatic rings. The fourth-order valence-electron chi connectivity index (χ4n) is 2.89. The van der Waals surface area contributed by atoms with E-state index in [1.807, 2.05) is 23.9 Å². The zero-order valence-corrected chi connectivity index (χ0v) is 13.3. The number of nitrogens with one attached hydrogen (secondary N) is 1. The monoisotopic (exact) mass is 300 g/mol. The third-order valence-electron chi connectivity index (χ3n) is 3.96. The number of para-hydroxylation sites is 1. The smallest absolute Gasteiger partial charge is 0.278 e. The predicted molar refractivity (Wildman–Crippen MR) is 84.9 cm³/mol. The highest BCUT2D eigenvalue weighted by molar-refractivity contribution is 6.09. The number of anilines is 1. The van der Waals surface area contributed by atoms with Crippen LogP contribution in [-0.2, 0) is 17.3 Å². The second-order valence-electron chi connectivity index (χ2n) is 6.65. The molecule has 1 N–H and O–H groups in total. The van der Waals surface area contributed by atoms with Gasteiger partial charge in [-0.2, -0.15) is 5.10 Å². The summed E-state index contributed by atoms with van der Waals surface area (Å²) in [6.45, 7) is 6.82. The molecular formula is C16H20N4O2. The van der Waals surface area contributed by atoms with Crippen LogP contribution in [0.25, 0.3) is 10.9 Å². The van der Waals surface area contributed by atoms with Crippen molar-refractivity contribution in [3.05, 3.63) is 23.8 Å². The lowest BCUT2D eigenvalue weighted by Gasteiger charge is -2.25. The summed E-state index contributed by atoms with van der Waals surface area (Å²) in [5.41, 5.74) is 2.18. The summed E-state index contributed by atoms with van der Waals surface area (Å²) in [6.07, 6.45) is 0.294. The highest BCUT2D eigenvalue weighted by Gasteiger charge is 2.29. The number of amides is 3. The molecule has 0 unspecified atom stereocenters. The van der Waals surface area contributed by atoms with Gasteiger partial charge in [-0.15, -0.1) is 0 Å². The molecule has 2 heterocycles. The van der Waals surface area contributed by atoms with Crippen molar-refractivity contribution in [1.82, 2.24) is 15.1 Å². The second-order valence-corrected chi connectivity index (χ2v) is 6.65. The van der Waals surface area contributed by atoms with Gasteiger partial charge in [0.2, 0.25) is 5.91 Å². The molecule has 0 aliphatic carbocycles. The number of hydrogen-bond donors (Lipinski definition) is 1. The maximum absolute atomic E-state index is 12.1. The number of benzene rings is 1. The number of fused-ring (bicyclic) bond motifs is 1. The summed E-state index contributed by atoms with van der Waals surface area (Å²) in [4.78, 5) is 24.9. The third kappa shape index (κ3) is 2.24. The normalized spacial score (nSPS) is 16.3. The quantitative estimate of drug-likeness (QED) is 0.879. The minimum Gasteiger partial charge on any atom is -0.278 e. The molecule has 2 aromatic rings. The van der Waals surface area contributed by atoms with E-state index in [0.29, 0.717) is 18.8 Å². The molecule has 1 saturated heterocycles. The zero-order valence-electron chi connectivity index (χ0n) is 13.3. The number of nitrogens with zero attached hydrogens (tertiary/aromatic N) is 3. The van der Waals surface area contributed by atoms with E-state index in [9.17, 15) is 9.59 Å². The summed E-state index contributed by atoms with van der Waals surface area (Å²) in [5, 5.41) is 7.81. The van der Waals surface area contributed by atoms with Crippen molar-refractivity contribution < 1.29 is 9.59 Å². The Kier molecular flexibility index (Phi) is 3.20. The maximum atomic E-state index is 12.1. The van der Waals surface area contributed by atoms with Gasteiger partial charge < -0.3 is 0 Å². The number of aryl methyl sites for hydroxylation is 1. The van der Waals surface area contributed by atoms with E-state index in [1.54, 1.807) is 0 Å². The number of imide groups is 1. The summed E-state index contributed by atoms with van der Waals surface area (Å²) < 4.78 is 1.81. The van der Waals surface area contributed by atoms with E-state index in [0.717, 1.165) is 10.9 Å². The van der Waals surface area contributed by atoms with Crippen LogP contribution in [0.1, 0.15) is 32.8 Å². The van der Waals surface area contributed by atoms with Gasteiger partial charge in [0.15, 0.2) is 5.82 Å². The molecule has 0 spiro atoms. The average molecular weight is 300 g/mol.